The Morgan fingerprint density at radius 2 is 2.24 bits per heavy atom. The molecule has 2 N–H and O–H groups in total. The van der Waals surface area contributed by atoms with Gasteiger partial charge in [0.25, 0.3) is 5.91 Å². The molecule has 0 bridgehead atoms. The number of pyridine rings is 1. The topological polar surface area (TPSA) is 65.2 Å². The number of alkyl halides is 3. The number of hydrogen-bond acceptors (Lipinski definition) is 3. The van der Waals surface area contributed by atoms with Gasteiger partial charge in [0.15, 0.2) is 0 Å². The average Bonchev–Trinajstić information content (AvgIpc) is 2.81. The number of halogens is 3. The van der Waals surface area contributed by atoms with Crippen LogP contribution in [0.5, 0.6) is 0 Å². The van der Waals surface area contributed by atoms with Gasteiger partial charge in [0.05, 0.1) is 6.54 Å². The number of nitrogens with zero attached hydrogens (tertiary/aromatic N) is 1. The Bertz CT molecular complexity index is 556. The molecule has 1 amide bonds. The minimum absolute atomic E-state index is 0.00158. The van der Waals surface area contributed by atoms with Crippen molar-refractivity contribution >= 4 is 5.91 Å². The van der Waals surface area contributed by atoms with Gasteiger partial charge in [-0.15, -0.1) is 0 Å². The van der Waals surface area contributed by atoms with E-state index in [1.165, 1.54) is 23.2 Å². The summed E-state index contributed by atoms with van der Waals surface area (Å²) in [4.78, 5) is 26.6. The molecule has 0 saturated carbocycles. The summed E-state index contributed by atoms with van der Waals surface area (Å²) in [6.07, 6.45) is -2.20. The number of carbonyl (C=O) groups excluding carboxylic acids is 1. The quantitative estimate of drug-likeness (QED) is 0.872. The maximum Gasteiger partial charge on any atom is 0.401 e. The molecule has 2 rings (SSSR count). The SMILES string of the molecule is O=C(NCC1CCN(CC(F)(F)F)C1)c1cc[nH]c(=O)c1. The fourth-order valence-corrected chi connectivity index (χ4v) is 2.40. The third kappa shape index (κ3) is 4.89. The van der Waals surface area contributed by atoms with Gasteiger partial charge in [0, 0.05) is 30.9 Å². The molecule has 1 atom stereocenters. The molecule has 1 unspecified atom stereocenters. The molecule has 2 heterocycles. The van der Waals surface area contributed by atoms with Crippen LogP contribution in [0.15, 0.2) is 23.1 Å². The number of likely N-dealkylation sites (tertiary alicyclic amines) is 1. The van der Waals surface area contributed by atoms with Crippen LogP contribution in [0.25, 0.3) is 0 Å². The molecule has 0 radical (unpaired) electrons. The van der Waals surface area contributed by atoms with Gasteiger partial charge in [-0.3, -0.25) is 14.5 Å². The van der Waals surface area contributed by atoms with E-state index in [2.05, 4.69) is 10.3 Å². The summed E-state index contributed by atoms with van der Waals surface area (Å²) in [6.45, 7) is 0.0890. The zero-order valence-corrected chi connectivity index (χ0v) is 11.2. The Balaban J connectivity index is 1.79. The zero-order chi connectivity index (χ0) is 15.5. The second-order valence-electron chi connectivity index (χ2n) is 5.16. The summed E-state index contributed by atoms with van der Waals surface area (Å²) in [5, 5.41) is 2.65. The van der Waals surface area contributed by atoms with E-state index >= 15 is 0 Å². The minimum Gasteiger partial charge on any atom is -0.352 e. The summed E-state index contributed by atoms with van der Waals surface area (Å²) >= 11 is 0. The molecular formula is C13H16F3N3O2. The second-order valence-corrected chi connectivity index (χ2v) is 5.16. The number of hydrogen-bond donors (Lipinski definition) is 2. The van der Waals surface area contributed by atoms with Crippen molar-refractivity contribution in [2.45, 2.75) is 12.6 Å². The molecule has 1 aliphatic heterocycles. The van der Waals surface area contributed by atoms with Crippen LogP contribution in [-0.4, -0.2) is 48.1 Å². The summed E-state index contributed by atoms with van der Waals surface area (Å²) in [7, 11) is 0. The third-order valence-corrected chi connectivity index (χ3v) is 3.36. The Morgan fingerprint density at radius 3 is 2.90 bits per heavy atom. The zero-order valence-electron chi connectivity index (χ0n) is 11.2. The van der Waals surface area contributed by atoms with Crippen LogP contribution in [0.4, 0.5) is 13.2 Å². The molecule has 21 heavy (non-hydrogen) atoms. The van der Waals surface area contributed by atoms with Crippen molar-refractivity contribution in [2.24, 2.45) is 5.92 Å². The summed E-state index contributed by atoms with van der Waals surface area (Å²) in [5.41, 5.74) is -0.135. The smallest absolute Gasteiger partial charge is 0.352 e. The number of aromatic amines is 1. The molecule has 0 spiro atoms. The number of rotatable bonds is 4. The van der Waals surface area contributed by atoms with E-state index in [0.717, 1.165) is 0 Å². The molecule has 1 aliphatic rings. The predicted molar refractivity (Wildman–Crippen MR) is 70.0 cm³/mol. The molecule has 1 aromatic heterocycles. The average molecular weight is 303 g/mol. The third-order valence-electron chi connectivity index (χ3n) is 3.36. The fraction of sp³-hybridized carbons (Fsp3) is 0.538. The van der Waals surface area contributed by atoms with Gasteiger partial charge >= 0.3 is 6.18 Å². The lowest BCUT2D eigenvalue weighted by Gasteiger charge is -2.18. The Kier molecular flexibility index (Phi) is 4.66. The monoisotopic (exact) mass is 303 g/mol. The lowest BCUT2D eigenvalue weighted by Crippen LogP contribution is -2.34. The highest BCUT2D eigenvalue weighted by molar-refractivity contribution is 5.93. The maximum atomic E-state index is 12.3. The Morgan fingerprint density at radius 1 is 1.48 bits per heavy atom. The van der Waals surface area contributed by atoms with Gasteiger partial charge in [-0.1, -0.05) is 0 Å². The van der Waals surface area contributed by atoms with E-state index in [1.807, 2.05) is 0 Å². The molecule has 116 valence electrons. The molecule has 1 aromatic rings. The molecule has 0 aromatic carbocycles. The van der Waals surface area contributed by atoms with E-state index < -0.39 is 18.6 Å². The first-order valence-electron chi connectivity index (χ1n) is 6.59. The first-order valence-corrected chi connectivity index (χ1v) is 6.59. The molecule has 5 nitrogen and oxygen atoms in total. The summed E-state index contributed by atoms with van der Waals surface area (Å²) in [6, 6.07) is 2.65. The van der Waals surface area contributed by atoms with E-state index in [-0.39, 0.29) is 17.0 Å². The van der Waals surface area contributed by atoms with Crippen molar-refractivity contribution in [2.75, 3.05) is 26.2 Å². The van der Waals surface area contributed by atoms with Gasteiger partial charge in [0.2, 0.25) is 5.56 Å². The van der Waals surface area contributed by atoms with Crippen molar-refractivity contribution in [3.63, 3.8) is 0 Å². The van der Waals surface area contributed by atoms with Crippen LogP contribution in [0.1, 0.15) is 16.8 Å². The van der Waals surface area contributed by atoms with Crippen LogP contribution < -0.4 is 10.9 Å². The number of H-pyrrole nitrogens is 1. The van der Waals surface area contributed by atoms with E-state index in [0.29, 0.717) is 26.1 Å². The first-order chi connectivity index (χ1) is 9.83. The summed E-state index contributed by atoms with van der Waals surface area (Å²) < 4.78 is 36.8. The van der Waals surface area contributed by atoms with Crippen molar-refractivity contribution in [3.05, 3.63) is 34.2 Å². The highest BCUT2D eigenvalue weighted by atomic mass is 19.4. The van der Waals surface area contributed by atoms with Gasteiger partial charge in [-0.25, -0.2) is 0 Å². The molecule has 1 fully saturated rings. The van der Waals surface area contributed by atoms with Crippen molar-refractivity contribution in [1.82, 2.24) is 15.2 Å². The number of aromatic nitrogens is 1. The van der Waals surface area contributed by atoms with Gasteiger partial charge in [0.1, 0.15) is 0 Å². The number of carbonyl (C=O) groups is 1. The predicted octanol–water partition coefficient (Wildman–Crippen LogP) is 0.989. The number of amides is 1. The highest BCUT2D eigenvalue weighted by Gasteiger charge is 2.34. The number of nitrogens with one attached hydrogen (secondary N) is 2. The minimum atomic E-state index is -4.19. The standard InChI is InChI=1S/C13H16F3N3O2/c14-13(15,16)8-19-4-2-9(7-19)6-18-12(21)10-1-3-17-11(20)5-10/h1,3,5,9H,2,4,6-8H2,(H,17,20)(H,18,21). The fourth-order valence-electron chi connectivity index (χ4n) is 2.40. The van der Waals surface area contributed by atoms with Crippen LogP contribution in [0.3, 0.4) is 0 Å². The van der Waals surface area contributed by atoms with Crippen LogP contribution in [0, 0.1) is 5.92 Å². The second kappa shape index (κ2) is 6.30. The molecule has 1 saturated heterocycles. The van der Waals surface area contributed by atoms with Crippen LogP contribution >= 0.6 is 0 Å². The van der Waals surface area contributed by atoms with E-state index in [4.69, 9.17) is 0 Å². The lowest BCUT2D eigenvalue weighted by molar-refractivity contribution is -0.143. The van der Waals surface area contributed by atoms with E-state index in [1.54, 1.807) is 0 Å². The summed E-state index contributed by atoms with van der Waals surface area (Å²) in [5.74, 6) is -0.395. The lowest BCUT2D eigenvalue weighted by atomic mass is 10.1. The maximum absolute atomic E-state index is 12.3. The van der Waals surface area contributed by atoms with Crippen LogP contribution in [-0.2, 0) is 0 Å². The van der Waals surface area contributed by atoms with E-state index in [9.17, 15) is 22.8 Å². The Hall–Kier alpha value is -1.83. The first kappa shape index (κ1) is 15.6. The van der Waals surface area contributed by atoms with Gasteiger partial charge < -0.3 is 10.3 Å². The highest BCUT2D eigenvalue weighted by Crippen LogP contribution is 2.22. The van der Waals surface area contributed by atoms with Crippen molar-refractivity contribution in [1.29, 1.82) is 0 Å². The van der Waals surface area contributed by atoms with Crippen molar-refractivity contribution < 1.29 is 18.0 Å². The van der Waals surface area contributed by atoms with Gasteiger partial charge in [-0.05, 0) is 24.9 Å². The Labute approximate surface area is 119 Å². The largest absolute Gasteiger partial charge is 0.401 e. The van der Waals surface area contributed by atoms with Gasteiger partial charge in [-0.2, -0.15) is 13.2 Å². The molecule has 8 heteroatoms. The normalized spacial score (nSPS) is 19.7. The molecular weight excluding hydrogens is 287 g/mol. The van der Waals surface area contributed by atoms with Crippen LogP contribution in [0.2, 0.25) is 0 Å². The molecule has 0 aliphatic carbocycles. The van der Waals surface area contributed by atoms with Crippen molar-refractivity contribution in [3.8, 4) is 0 Å².